The summed E-state index contributed by atoms with van der Waals surface area (Å²) in [6.45, 7) is 4.17. The van der Waals surface area contributed by atoms with Gasteiger partial charge in [-0.05, 0) is 24.6 Å². The lowest BCUT2D eigenvalue weighted by atomic mass is 9.87. The van der Waals surface area contributed by atoms with Gasteiger partial charge >= 0.3 is 19.7 Å². The molecule has 0 aliphatic carbocycles. The summed E-state index contributed by atoms with van der Waals surface area (Å²) in [5.41, 5.74) is -0.393. The molecule has 0 radical (unpaired) electrons. The van der Waals surface area contributed by atoms with Crippen molar-refractivity contribution in [3.63, 3.8) is 0 Å². The van der Waals surface area contributed by atoms with Crippen LogP contribution in [0.4, 0.5) is 0 Å². The predicted molar refractivity (Wildman–Crippen MR) is 139 cm³/mol. The smallest absolute Gasteiger partial charge is 0.459 e. The Balaban J connectivity index is 1.91. The maximum absolute atomic E-state index is 13.5. The molecule has 2 aromatic rings. The molecule has 1 unspecified atom stereocenters. The molecule has 3 N–H and O–H groups in total. The molecule has 0 fully saturated rings. The van der Waals surface area contributed by atoms with Crippen LogP contribution in [0.3, 0.4) is 0 Å². The van der Waals surface area contributed by atoms with E-state index in [1.165, 1.54) is 27.9 Å². The van der Waals surface area contributed by atoms with Crippen molar-refractivity contribution >= 4 is 25.6 Å². The molecule has 0 spiro atoms. The van der Waals surface area contributed by atoms with E-state index in [2.05, 4.69) is 15.1 Å². The summed E-state index contributed by atoms with van der Waals surface area (Å²) < 4.78 is 34.4. The SMILES string of the molecule is COC(=O)[C@H](C)NP(=O)(OCC(C)(C)[C@@H](O)C(=O)NCCC(=O)OCc1ccccc1)Oc1ccccc1. The van der Waals surface area contributed by atoms with Crippen molar-refractivity contribution in [1.82, 2.24) is 10.4 Å². The van der Waals surface area contributed by atoms with Crippen molar-refractivity contribution < 1.29 is 42.6 Å². The van der Waals surface area contributed by atoms with Gasteiger partial charge in [0.1, 0.15) is 24.5 Å². The van der Waals surface area contributed by atoms with E-state index >= 15 is 0 Å². The molecule has 0 aromatic heterocycles. The van der Waals surface area contributed by atoms with Gasteiger partial charge in [0.25, 0.3) is 0 Å². The van der Waals surface area contributed by atoms with Crippen LogP contribution in [0.2, 0.25) is 0 Å². The molecule has 12 heteroatoms. The molecule has 11 nitrogen and oxygen atoms in total. The lowest BCUT2D eigenvalue weighted by molar-refractivity contribution is -0.145. The van der Waals surface area contributed by atoms with Crippen LogP contribution in [0.1, 0.15) is 32.8 Å². The number of para-hydroxylation sites is 1. The number of rotatable bonds is 15. The normalized spacial score (nSPS) is 14.4. The molecule has 0 saturated carbocycles. The van der Waals surface area contributed by atoms with Gasteiger partial charge in [-0.1, -0.05) is 62.4 Å². The number of ether oxygens (including phenoxy) is 2. The number of nitrogens with one attached hydrogen (secondary N) is 2. The third-order valence-corrected chi connectivity index (χ3v) is 6.97. The number of hydrogen-bond acceptors (Lipinski definition) is 9. The molecule has 0 bridgehead atoms. The molecular formula is C26H35N2O9P. The highest BCUT2D eigenvalue weighted by Crippen LogP contribution is 2.46. The minimum atomic E-state index is -4.15. The van der Waals surface area contributed by atoms with Crippen LogP contribution in [-0.4, -0.2) is 55.4 Å². The van der Waals surface area contributed by atoms with Crippen LogP contribution < -0.4 is 14.9 Å². The van der Waals surface area contributed by atoms with Crippen LogP contribution in [0.25, 0.3) is 0 Å². The predicted octanol–water partition coefficient (Wildman–Crippen LogP) is 2.98. The summed E-state index contributed by atoms with van der Waals surface area (Å²) in [5, 5.41) is 15.6. The molecule has 2 aromatic carbocycles. The highest BCUT2D eigenvalue weighted by Gasteiger charge is 2.39. The molecule has 38 heavy (non-hydrogen) atoms. The van der Waals surface area contributed by atoms with Crippen LogP contribution in [0.15, 0.2) is 60.7 Å². The first kappa shape index (κ1) is 31.0. The zero-order valence-corrected chi connectivity index (χ0v) is 22.8. The highest BCUT2D eigenvalue weighted by molar-refractivity contribution is 7.52. The third-order valence-electron chi connectivity index (χ3n) is 5.34. The minimum absolute atomic E-state index is 0.0474. The number of aliphatic hydroxyl groups excluding tert-OH is 1. The first-order valence-corrected chi connectivity index (χ1v) is 13.5. The van der Waals surface area contributed by atoms with Crippen LogP contribution in [0, 0.1) is 5.41 Å². The van der Waals surface area contributed by atoms with Crippen molar-refractivity contribution in [2.45, 2.75) is 45.9 Å². The standard InChI is InChI=1S/C26H35N2O9P/c1-19(25(32)34-4)28-38(33,37-21-13-9-6-10-14-21)36-18-26(2,3)23(30)24(31)27-16-15-22(29)35-17-20-11-7-5-8-12-20/h5-14,19,23,30H,15-18H2,1-4H3,(H,27,31)(H,28,33)/t19-,23-,38?/m0/s1. The summed E-state index contributed by atoms with van der Waals surface area (Å²) in [4.78, 5) is 36.3. The minimum Gasteiger partial charge on any atom is -0.468 e. The number of amides is 1. The summed E-state index contributed by atoms with van der Waals surface area (Å²) in [6, 6.07) is 16.3. The lowest BCUT2D eigenvalue weighted by Gasteiger charge is -2.31. The fourth-order valence-electron chi connectivity index (χ4n) is 3.06. The highest BCUT2D eigenvalue weighted by atomic mass is 31.2. The molecule has 2 rings (SSSR count). The van der Waals surface area contributed by atoms with Gasteiger partial charge in [-0.25, -0.2) is 4.57 Å². The van der Waals surface area contributed by atoms with E-state index in [9.17, 15) is 24.1 Å². The fraction of sp³-hybridized carbons (Fsp3) is 0.423. The molecular weight excluding hydrogens is 515 g/mol. The van der Waals surface area contributed by atoms with E-state index < -0.39 is 43.2 Å². The molecule has 0 heterocycles. The van der Waals surface area contributed by atoms with E-state index in [0.717, 1.165) is 5.56 Å². The molecule has 0 saturated heterocycles. The van der Waals surface area contributed by atoms with Crippen LogP contribution in [0.5, 0.6) is 5.75 Å². The molecule has 3 atom stereocenters. The fourth-order valence-corrected chi connectivity index (χ4v) is 4.72. The summed E-state index contributed by atoms with van der Waals surface area (Å²) >= 11 is 0. The van der Waals surface area contributed by atoms with Crippen molar-refractivity contribution in [2.75, 3.05) is 20.3 Å². The summed E-state index contributed by atoms with van der Waals surface area (Å²) in [5.74, 6) is -1.72. The maximum Gasteiger partial charge on any atom is 0.459 e. The number of benzene rings is 2. The van der Waals surface area contributed by atoms with E-state index in [0.29, 0.717) is 0 Å². The first-order valence-electron chi connectivity index (χ1n) is 12.0. The number of aliphatic hydroxyl groups is 1. The number of methoxy groups -OCH3 is 1. The number of carbonyl (C=O) groups excluding carboxylic acids is 3. The average Bonchev–Trinajstić information content (AvgIpc) is 2.91. The Kier molecular flexibility index (Phi) is 11.9. The van der Waals surface area contributed by atoms with E-state index in [1.807, 2.05) is 30.3 Å². The quantitative estimate of drug-likeness (QED) is 0.223. The van der Waals surface area contributed by atoms with Gasteiger partial charge in [0, 0.05) is 12.0 Å². The second-order valence-corrected chi connectivity index (χ2v) is 10.8. The molecule has 1 amide bonds. The lowest BCUT2D eigenvalue weighted by Crippen LogP contribution is -2.46. The van der Waals surface area contributed by atoms with Gasteiger partial charge < -0.3 is 24.4 Å². The molecule has 0 aliphatic heterocycles. The zero-order valence-electron chi connectivity index (χ0n) is 21.9. The second-order valence-electron chi connectivity index (χ2n) is 9.13. The van der Waals surface area contributed by atoms with Gasteiger partial charge in [-0.15, -0.1) is 0 Å². The summed E-state index contributed by atoms with van der Waals surface area (Å²) in [7, 11) is -2.97. The number of carbonyl (C=O) groups is 3. The first-order chi connectivity index (χ1) is 18.0. The number of hydrogen-bond donors (Lipinski definition) is 3. The van der Waals surface area contributed by atoms with Crippen molar-refractivity contribution in [3.05, 3.63) is 66.2 Å². The maximum atomic E-state index is 13.5. The summed E-state index contributed by atoms with van der Waals surface area (Å²) in [6.07, 6.45) is -1.66. The zero-order chi connectivity index (χ0) is 28.2. The Morgan fingerprint density at radius 1 is 1.03 bits per heavy atom. The van der Waals surface area contributed by atoms with Crippen LogP contribution >= 0.6 is 7.75 Å². The van der Waals surface area contributed by atoms with Gasteiger partial charge in [-0.3, -0.25) is 18.9 Å². The van der Waals surface area contributed by atoms with Gasteiger partial charge in [0.05, 0.1) is 20.1 Å². The van der Waals surface area contributed by atoms with Crippen LogP contribution in [-0.2, 0) is 39.6 Å². The van der Waals surface area contributed by atoms with Crippen molar-refractivity contribution in [3.8, 4) is 5.75 Å². The monoisotopic (exact) mass is 550 g/mol. The topological polar surface area (TPSA) is 149 Å². The molecule has 208 valence electrons. The van der Waals surface area contributed by atoms with Crippen molar-refractivity contribution in [1.29, 1.82) is 0 Å². The van der Waals surface area contributed by atoms with E-state index in [-0.39, 0.29) is 31.9 Å². The Hall–Kier alpha value is -3.24. The van der Waals surface area contributed by atoms with Crippen molar-refractivity contribution in [2.24, 2.45) is 5.41 Å². The van der Waals surface area contributed by atoms with Gasteiger partial charge in [0.2, 0.25) is 5.91 Å². The van der Waals surface area contributed by atoms with Gasteiger partial charge in [-0.2, -0.15) is 5.09 Å². The average molecular weight is 551 g/mol. The Morgan fingerprint density at radius 2 is 1.63 bits per heavy atom. The van der Waals surface area contributed by atoms with Gasteiger partial charge in [0.15, 0.2) is 0 Å². The number of esters is 2. The Bertz CT molecular complexity index is 1100. The third kappa shape index (κ3) is 10.3. The largest absolute Gasteiger partial charge is 0.468 e. The van der Waals surface area contributed by atoms with E-state index in [1.54, 1.807) is 30.3 Å². The Labute approximate surface area is 222 Å². The second kappa shape index (κ2) is 14.6. The van der Waals surface area contributed by atoms with E-state index in [4.69, 9.17) is 13.8 Å². The Morgan fingerprint density at radius 3 is 2.24 bits per heavy atom. The molecule has 0 aliphatic rings.